The molecule has 21 heavy (non-hydrogen) atoms. The van der Waals surface area contributed by atoms with Gasteiger partial charge in [-0.3, -0.25) is 0 Å². The van der Waals surface area contributed by atoms with Gasteiger partial charge in [-0.25, -0.2) is 8.42 Å². The van der Waals surface area contributed by atoms with Crippen LogP contribution in [0.2, 0.25) is 0 Å². The molecule has 1 saturated heterocycles. The fourth-order valence-corrected chi connectivity index (χ4v) is 5.75. The lowest BCUT2D eigenvalue weighted by Crippen LogP contribution is -2.40. The number of nitrogens with zero attached hydrogens (tertiary/aromatic N) is 1. The van der Waals surface area contributed by atoms with Crippen LogP contribution >= 0.6 is 11.8 Å². The number of thioether (sulfide) groups is 1. The molecule has 1 heterocycles. The first-order valence-corrected chi connectivity index (χ1v) is 10.1. The smallest absolute Gasteiger partial charge is 0.215 e. The van der Waals surface area contributed by atoms with E-state index in [4.69, 9.17) is 5.73 Å². The SMILES string of the molecule is CC1CCCCCN1S(=O)(=O)CCSc1ccccc1N. The molecular formula is C15H24N2O2S2. The molecule has 1 atom stereocenters. The van der Waals surface area contributed by atoms with Gasteiger partial charge in [-0.1, -0.05) is 25.0 Å². The Hall–Kier alpha value is -0.720. The van der Waals surface area contributed by atoms with Gasteiger partial charge >= 0.3 is 0 Å². The third-order valence-electron chi connectivity index (χ3n) is 3.87. The van der Waals surface area contributed by atoms with Crippen molar-refractivity contribution < 1.29 is 8.42 Å². The summed E-state index contributed by atoms with van der Waals surface area (Å²) in [7, 11) is -3.17. The highest BCUT2D eigenvalue weighted by Gasteiger charge is 2.27. The second-order valence-corrected chi connectivity index (χ2v) is 8.69. The molecule has 0 saturated carbocycles. The molecule has 6 heteroatoms. The first-order chi connectivity index (χ1) is 10.0. The van der Waals surface area contributed by atoms with Crippen molar-refractivity contribution in [3.63, 3.8) is 0 Å². The molecule has 1 unspecified atom stereocenters. The second kappa shape index (κ2) is 7.51. The summed E-state index contributed by atoms with van der Waals surface area (Å²) in [5.41, 5.74) is 6.59. The van der Waals surface area contributed by atoms with E-state index in [1.165, 1.54) is 11.8 Å². The minimum atomic E-state index is -3.17. The fraction of sp³-hybridized carbons (Fsp3) is 0.600. The average molecular weight is 329 g/mol. The van der Waals surface area contributed by atoms with Crippen LogP contribution < -0.4 is 5.73 Å². The molecule has 2 rings (SSSR count). The third kappa shape index (κ3) is 4.63. The monoisotopic (exact) mass is 328 g/mol. The van der Waals surface area contributed by atoms with Gasteiger partial charge in [0.2, 0.25) is 10.0 Å². The summed E-state index contributed by atoms with van der Waals surface area (Å²) in [5.74, 6) is 0.718. The van der Waals surface area contributed by atoms with Crippen LogP contribution in [-0.4, -0.2) is 36.8 Å². The number of nitrogens with two attached hydrogens (primary N) is 1. The third-order valence-corrected chi connectivity index (χ3v) is 7.19. The zero-order valence-corrected chi connectivity index (χ0v) is 14.1. The number of rotatable bonds is 5. The number of sulfonamides is 1. The largest absolute Gasteiger partial charge is 0.398 e. The van der Waals surface area contributed by atoms with E-state index in [9.17, 15) is 8.42 Å². The van der Waals surface area contributed by atoms with E-state index in [-0.39, 0.29) is 11.8 Å². The zero-order chi connectivity index (χ0) is 15.3. The Morgan fingerprint density at radius 3 is 2.81 bits per heavy atom. The van der Waals surface area contributed by atoms with E-state index < -0.39 is 10.0 Å². The van der Waals surface area contributed by atoms with Gasteiger partial charge in [0.05, 0.1) is 5.75 Å². The molecule has 1 aromatic rings. The van der Waals surface area contributed by atoms with E-state index in [1.54, 1.807) is 4.31 Å². The normalized spacial score (nSPS) is 21.1. The lowest BCUT2D eigenvalue weighted by atomic mass is 10.1. The molecule has 0 spiro atoms. The lowest BCUT2D eigenvalue weighted by molar-refractivity contribution is 0.343. The highest BCUT2D eigenvalue weighted by Crippen LogP contribution is 2.26. The van der Waals surface area contributed by atoms with Crippen LogP contribution in [0.5, 0.6) is 0 Å². The Bertz CT molecular complexity index is 561. The Labute approximate surface area is 132 Å². The molecule has 1 aliphatic heterocycles. The molecule has 0 aliphatic carbocycles. The Kier molecular flexibility index (Phi) is 5.96. The molecular weight excluding hydrogens is 304 g/mol. The molecule has 0 aromatic heterocycles. The van der Waals surface area contributed by atoms with Crippen molar-refractivity contribution in [1.29, 1.82) is 0 Å². The van der Waals surface area contributed by atoms with Crippen LogP contribution in [0.15, 0.2) is 29.2 Å². The Morgan fingerprint density at radius 1 is 1.29 bits per heavy atom. The van der Waals surface area contributed by atoms with Crippen molar-refractivity contribution in [3.8, 4) is 0 Å². The molecule has 0 amide bonds. The van der Waals surface area contributed by atoms with Gasteiger partial charge in [-0.15, -0.1) is 11.8 Å². The highest BCUT2D eigenvalue weighted by molar-refractivity contribution is 8.00. The fourth-order valence-electron chi connectivity index (χ4n) is 2.65. The van der Waals surface area contributed by atoms with Crippen molar-refractivity contribution in [2.24, 2.45) is 0 Å². The molecule has 118 valence electrons. The van der Waals surface area contributed by atoms with E-state index in [1.807, 2.05) is 31.2 Å². The summed E-state index contributed by atoms with van der Waals surface area (Å²) in [6, 6.07) is 7.71. The van der Waals surface area contributed by atoms with Gasteiger partial charge in [0.1, 0.15) is 0 Å². The maximum absolute atomic E-state index is 12.5. The number of benzene rings is 1. The predicted octanol–water partition coefficient (Wildman–Crippen LogP) is 2.96. The predicted molar refractivity (Wildman–Crippen MR) is 90.0 cm³/mol. The number of hydrogen-bond donors (Lipinski definition) is 1. The summed E-state index contributed by atoms with van der Waals surface area (Å²) in [6.45, 7) is 2.69. The topological polar surface area (TPSA) is 63.4 Å². The number of nitrogen functional groups attached to an aromatic ring is 1. The summed E-state index contributed by atoms with van der Waals surface area (Å²) in [5, 5.41) is 0. The molecule has 1 fully saturated rings. The summed E-state index contributed by atoms with van der Waals surface area (Å²) >= 11 is 1.51. The van der Waals surface area contributed by atoms with E-state index in [0.29, 0.717) is 18.0 Å². The maximum atomic E-state index is 12.5. The van der Waals surface area contributed by atoms with Crippen molar-refractivity contribution in [2.45, 2.75) is 43.5 Å². The first kappa shape index (κ1) is 16.6. The van der Waals surface area contributed by atoms with Crippen LogP contribution in [-0.2, 0) is 10.0 Å². The van der Waals surface area contributed by atoms with Crippen molar-refractivity contribution in [1.82, 2.24) is 4.31 Å². The summed E-state index contributed by atoms with van der Waals surface area (Å²) in [6.07, 6.45) is 4.20. The van der Waals surface area contributed by atoms with Crippen molar-refractivity contribution in [3.05, 3.63) is 24.3 Å². The van der Waals surface area contributed by atoms with Crippen LogP contribution in [0, 0.1) is 0 Å². The average Bonchev–Trinajstić information content (AvgIpc) is 2.66. The summed E-state index contributed by atoms with van der Waals surface area (Å²) in [4.78, 5) is 0.955. The molecule has 2 N–H and O–H groups in total. The maximum Gasteiger partial charge on any atom is 0.215 e. The van der Waals surface area contributed by atoms with Gasteiger partial charge in [0, 0.05) is 28.9 Å². The second-order valence-electron chi connectivity index (χ2n) is 5.51. The highest BCUT2D eigenvalue weighted by atomic mass is 32.2. The van der Waals surface area contributed by atoms with Gasteiger partial charge in [0.15, 0.2) is 0 Å². The van der Waals surface area contributed by atoms with Crippen LogP contribution in [0.1, 0.15) is 32.6 Å². The van der Waals surface area contributed by atoms with Crippen LogP contribution in [0.4, 0.5) is 5.69 Å². The molecule has 4 nitrogen and oxygen atoms in total. The Morgan fingerprint density at radius 2 is 2.05 bits per heavy atom. The van der Waals surface area contributed by atoms with Crippen molar-refractivity contribution >= 4 is 27.5 Å². The molecule has 0 radical (unpaired) electrons. The minimum Gasteiger partial charge on any atom is -0.398 e. The summed E-state index contributed by atoms with van der Waals surface area (Å²) < 4.78 is 26.7. The molecule has 1 aliphatic rings. The van der Waals surface area contributed by atoms with E-state index in [0.717, 1.165) is 30.6 Å². The minimum absolute atomic E-state index is 0.129. The van der Waals surface area contributed by atoms with Gasteiger partial charge in [-0.05, 0) is 31.9 Å². The van der Waals surface area contributed by atoms with Gasteiger partial charge in [-0.2, -0.15) is 4.31 Å². The number of para-hydroxylation sites is 1. The van der Waals surface area contributed by atoms with Crippen LogP contribution in [0.25, 0.3) is 0 Å². The lowest BCUT2D eigenvalue weighted by Gasteiger charge is -2.26. The van der Waals surface area contributed by atoms with Gasteiger partial charge < -0.3 is 5.73 Å². The van der Waals surface area contributed by atoms with Crippen LogP contribution in [0.3, 0.4) is 0 Å². The standard InChI is InChI=1S/C15H24N2O2S2/c1-13-7-3-2-6-10-17(13)21(18,19)12-11-20-15-9-5-4-8-14(15)16/h4-5,8-9,13H,2-3,6-7,10-12,16H2,1H3. The van der Waals surface area contributed by atoms with E-state index >= 15 is 0 Å². The first-order valence-electron chi connectivity index (χ1n) is 7.47. The van der Waals surface area contributed by atoms with E-state index in [2.05, 4.69) is 0 Å². The quantitative estimate of drug-likeness (QED) is 0.667. The number of anilines is 1. The molecule has 0 bridgehead atoms. The van der Waals surface area contributed by atoms with Crippen molar-refractivity contribution in [2.75, 3.05) is 23.8 Å². The Balaban J connectivity index is 1.93. The zero-order valence-electron chi connectivity index (χ0n) is 12.5. The van der Waals surface area contributed by atoms with Gasteiger partial charge in [0.25, 0.3) is 0 Å². The number of hydrogen-bond acceptors (Lipinski definition) is 4. The molecule has 1 aromatic carbocycles.